The number of nitrogens with one attached hydrogen (secondary N) is 2. The predicted octanol–water partition coefficient (Wildman–Crippen LogP) is 4.87. The van der Waals surface area contributed by atoms with E-state index in [1.807, 2.05) is 24.0 Å². The molecule has 3 nitrogen and oxygen atoms in total. The van der Waals surface area contributed by atoms with Crippen molar-refractivity contribution in [3.8, 4) is 0 Å². The minimum absolute atomic E-state index is 0.306. The summed E-state index contributed by atoms with van der Waals surface area (Å²) in [5, 5.41) is 12.6. The van der Waals surface area contributed by atoms with Crippen molar-refractivity contribution < 1.29 is 0 Å². The van der Waals surface area contributed by atoms with E-state index < -0.39 is 0 Å². The molecule has 2 N–H and O–H groups in total. The van der Waals surface area contributed by atoms with Crippen LogP contribution < -0.4 is 5.32 Å². The molecular formula is C16H14ClN3S. The minimum atomic E-state index is 0.306. The van der Waals surface area contributed by atoms with E-state index in [2.05, 4.69) is 45.8 Å². The third kappa shape index (κ3) is 2.49. The molecule has 0 bridgehead atoms. The van der Waals surface area contributed by atoms with Crippen molar-refractivity contribution in [3.05, 3.63) is 53.2 Å². The smallest absolute Gasteiger partial charge is 0.0670 e. The van der Waals surface area contributed by atoms with Gasteiger partial charge in [-0.1, -0.05) is 11.6 Å². The number of rotatable bonds is 2. The summed E-state index contributed by atoms with van der Waals surface area (Å²) in [6, 6.07) is 12.8. The van der Waals surface area contributed by atoms with E-state index in [9.17, 15) is 0 Å². The first-order chi connectivity index (χ1) is 10.3. The van der Waals surface area contributed by atoms with Gasteiger partial charge in [-0.05, 0) is 48.4 Å². The first-order valence-corrected chi connectivity index (χ1v) is 8.28. The Kier molecular flexibility index (Phi) is 3.28. The molecule has 1 atom stereocenters. The van der Waals surface area contributed by atoms with Crippen molar-refractivity contribution in [3.63, 3.8) is 0 Å². The summed E-state index contributed by atoms with van der Waals surface area (Å²) in [6.45, 7) is 0. The lowest BCUT2D eigenvalue weighted by atomic mass is 10.0. The maximum absolute atomic E-state index is 6.16. The van der Waals surface area contributed by atoms with Gasteiger partial charge >= 0.3 is 0 Å². The average Bonchev–Trinajstić information content (AvgIpc) is 2.95. The predicted molar refractivity (Wildman–Crippen MR) is 89.3 cm³/mol. The van der Waals surface area contributed by atoms with Crippen LogP contribution in [0.25, 0.3) is 10.9 Å². The van der Waals surface area contributed by atoms with E-state index in [0.717, 1.165) is 33.8 Å². The number of hydrogen-bond acceptors (Lipinski definition) is 3. The molecular weight excluding hydrogens is 302 g/mol. The molecule has 2 heterocycles. The Bertz CT molecular complexity index is 799. The number of H-pyrrole nitrogens is 1. The van der Waals surface area contributed by atoms with Crippen LogP contribution in [0.5, 0.6) is 0 Å². The van der Waals surface area contributed by atoms with E-state index in [1.54, 1.807) is 0 Å². The van der Waals surface area contributed by atoms with Gasteiger partial charge in [0.15, 0.2) is 0 Å². The summed E-state index contributed by atoms with van der Waals surface area (Å²) in [5.74, 6) is 1.12. The summed E-state index contributed by atoms with van der Waals surface area (Å²) >= 11 is 8.06. The number of anilines is 1. The molecule has 4 rings (SSSR count). The highest BCUT2D eigenvalue weighted by atomic mass is 35.5. The van der Waals surface area contributed by atoms with Crippen LogP contribution in [0, 0.1) is 0 Å². The third-order valence-electron chi connectivity index (χ3n) is 3.79. The molecule has 0 spiro atoms. The molecule has 0 saturated carbocycles. The Hall–Kier alpha value is -1.65. The van der Waals surface area contributed by atoms with E-state index in [1.165, 1.54) is 10.5 Å². The second kappa shape index (κ2) is 5.28. The highest BCUT2D eigenvalue weighted by Crippen LogP contribution is 2.39. The Morgan fingerprint density at radius 3 is 3.14 bits per heavy atom. The van der Waals surface area contributed by atoms with E-state index in [-0.39, 0.29) is 0 Å². The molecule has 106 valence electrons. The number of fused-ring (bicyclic) bond motifs is 2. The van der Waals surface area contributed by atoms with E-state index in [0.29, 0.717) is 6.04 Å². The molecule has 5 heteroatoms. The summed E-state index contributed by atoms with van der Waals surface area (Å²) < 4.78 is 0. The topological polar surface area (TPSA) is 40.7 Å². The summed E-state index contributed by atoms with van der Waals surface area (Å²) in [4.78, 5) is 1.32. The van der Waals surface area contributed by atoms with Gasteiger partial charge in [0, 0.05) is 26.7 Å². The summed E-state index contributed by atoms with van der Waals surface area (Å²) in [7, 11) is 0. The number of thioether (sulfide) groups is 1. The first-order valence-electron chi connectivity index (χ1n) is 6.91. The zero-order valence-electron chi connectivity index (χ0n) is 11.3. The number of aromatic amines is 1. The minimum Gasteiger partial charge on any atom is -0.378 e. The number of benzene rings is 2. The summed E-state index contributed by atoms with van der Waals surface area (Å²) in [6.07, 6.45) is 2.93. The van der Waals surface area contributed by atoms with Crippen LogP contribution in [0.2, 0.25) is 5.02 Å². The van der Waals surface area contributed by atoms with Gasteiger partial charge in [-0.3, -0.25) is 5.10 Å². The Balaban J connectivity index is 1.67. The van der Waals surface area contributed by atoms with Gasteiger partial charge in [0.2, 0.25) is 0 Å². The number of nitrogens with zero attached hydrogens (tertiary/aromatic N) is 1. The fourth-order valence-electron chi connectivity index (χ4n) is 2.74. The van der Waals surface area contributed by atoms with Crippen molar-refractivity contribution in [2.24, 2.45) is 0 Å². The molecule has 3 aromatic rings. The maximum atomic E-state index is 6.16. The molecule has 1 aliphatic rings. The zero-order valence-corrected chi connectivity index (χ0v) is 12.8. The van der Waals surface area contributed by atoms with Crippen LogP contribution in [-0.4, -0.2) is 16.0 Å². The lowest BCUT2D eigenvalue weighted by Gasteiger charge is -2.27. The van der Waals surface area contributed by atoms with Gasteiger partial charge in [0.05, 0.1) is 17.8 Å². The van der Waals surface area contributed by atoms with Gasteiger partial charge in [0.25, 0.3) is 0 Å². The molecule has 0 aliphatic carbocycles. The monoisotopic (exact) mass is 315 g/mol. The van der Waals surface area contributed by atoms with Crippen molar-refractivity contribution in [1.29, 1.82) is 0 Å². The SMILES string of the molecule is Clc1ccc2c(c1)C(Nc1ccc3cn[nH]c3c1)CCS2. The molecule has 1 unspecified atom stereocenters. The van der Waals surface area contributed by atoms with Crippen LogP contribution in [0.4, 0.5) is 5.69 Å². The van der Waals surface area contributed by atoms with Crippen molar-refractivity contribution in [1.82, 2.24) is 10.2 Å². The first kappa shape index (κ1) is 13.0. The largest absolute Gasteiger partial charge is 0.378 e. The average molecular weight is 316 g/mol. The van der Waals surface area contributed by atoms with Gasteiger partial charge in [-0.15, -0.1) is 11.8 Å². The lowest BCUT2D eigenvalue weighted by molar-refractivity contribution is 0.729. The second-order valence-corrected chi connectivity index (χ2v) is 6.76. The van der Waals surface area contributed by atoms with Gasteiger partial charge in [-0.2, -0.15) is 5.10 Å². The number of halogens is 1. The Morgan fingerprint density at radius 2 is 2.19 bits per heavy atom. The van der Waals surface area contributed by atoms with Crippen LogP contribution in [0.15, 0.2) is 47.5 Å². The van der Waals surface area contributed by atoms with Crippen molar-refractivity contribution in [2.75, 3.05) is 11.1 Å². The second-order valence-electron chi connectivity index (χ2n) is 5.19. The molecule has 0 saturated heterocycles. The highest BCUT2D eigenvalue weighted by molar-refractivity contribution is 7.99. The fourth-order valence-corrected chi connectivity index (χ4v) is 4.03. The van der Waals surface area contributed by atoms with Gasteiger partial charge in [-0.25, -0.2) is 0 Å². The molecule has 0 fully saturated rings. The lowest BCUT2D eigenvalue weighted by Crippen LogP contribution is -2.16. The van der Waals surface area contributed by atoms with Gasteiger partial charge in [0.1, 0.15) is 0 Å². The highest BCUT2D eigenvalue weighted by Gasteiger charge is 2.21. The van der Waals surface area contributed by atoms with Crippen LogP contribution in [0.3, 0.4) is 0 Å². The molecule has 1 aromatic heterocycles. The molecule has 0 amide bonds. The molecule has 0 radical (unpaired) electrons. The Labute approximate surface area is 132 Å². The van der Waals surface area contributed by atoms with Crippen molar-refractivity contribution >= 4 is 40.0 Å². The van der Waals surface area contributed by atoms with Crippen LogP contribution in [-0.2, 0) is 0 Å². The normalized spacial score (nSPS) is 17.7. The van der Waals surface area contributed by atoms with Crippen LogP contribution >= 0.6 is 23.4 Å². The molecule has 21 heavy (non-hydrogen) atoms. The number of hydrogen-bond donors (Lipinski definition) is 2. The van der Waals surface area contributed by atoms with Crippen molar-refractivity contribution in [2.45, 2.75) is 17.4 Å². The molecule has 1 aliphatic heterocycles. The maximum Gasteiger partial charge on any atom is 0.0670 e. The summed E-state index contributed by atoms with van der Waals surface area (Å²) in [5.41, 5.74) is 3.45. The van der Waals surface area contributed by atoms with E-state index in [4.69, 9.17) is 11.6 Å². The Morgan fingerprint density at radius 1 is 1.24 bits per heavy atom. The third-order valence-corrected chi connectivity index (χ3v) is 5.15. The van der Waals surface area contributed by atoms with Crippen LogP contribution in [0.1, 0.15) is 18.0 Å². The quantitative estimate of drug-likeness (QED) is 0.709. The van der Waals surface area contributed by atoms with Gasteiger partial charge < -0.3 is 5.32 Å². The standard InChI is InChI=1S/C16H14ClN3S/c17-11-2-4-16-13(7-11)14(5-6-21-16)19-12-3-1-10-9-18-20-15(10)8-12/h1-4,7-9,14,19H,5-6H2,(H,18,20). The van der Waals surface area contributed by atoms with E-state index >= 15 is 0 Å². The fraction of sp³-hybridized carbons (Fsp3) is 0.188. The molecule has 2 aromatic carbocycles. The zero-order chi connectivity index (χ0) is 14.2. The number of aromatic nitrogens is 2.